The van der Waals surface area contributed by atoms with Crippen LogP contribution in [-0.2, 0) is 30.7 Å². The zero-order valence-electron chi connectivity index (χ0n) is 20.7. The van der Waals surface area contributed by atoms with Crippen LogP contribution in [0.5, 0.6) is 0 Å². The third-order valence-corrected chi connectivity index (χ3v) is 6.71. The van der Waals surface area contributed by atoms with E-state index >= 15 is 0 Å². The number of fused-ring (bicyclic) bond motifs is 1. The summed E-state index contributed by atoms with van der Waals surface area (Å²) in [7, 11) is 5.95. The van der Waals surface area contributed by atoms with Gasteiger partial charge in [-0.1, -0.05) is 41.6 Å². The minimum Gasteiger partial charge on any atom is -0.384 e. The molecule has 5 nitrogen and oxygen atoms in total. The van der Waals surface area contributed by atoms with Crippen molar-refractivity contribution in [2.24, 2.45) is 5.92 Å². The van der Waals surface area contributed by atoms with E-state index < -0.39 is 0 Å². The Bertz CT molecular complexity index is 986. The van der Waals surface area contributed by atoms with Crippen LogP contribution in [-0.4, -0.2) is 55.9 Å². The van der Waals surface area contributed by atoms with Crippen molar-refractivity contribution in [2.45, 2.75) is 45.2 Å². The van der Waals surface area contributed by atoms with Gasteiger partial charge >= 0.3 is 0 Å². The standard InChI is InChI=1S/C27H37N3O2.2ClH/c1-29(2)20-25-23(15-18-31-3)10-11-24-26(28-32-27(24)25)12-9-21-13-16-30(17-14-21)19-22-7-5-4-6-8-22;;/h4-8,10-11,21H,9,12-20H2,1-3H3;2*1H. The SMILES string of the molecule is COCCc1ccc2c(CCC3CCN(Cc4ccccc4)CC3)noc2c1CN(C)C.Cl.Cl. The molecule has 1 aliphatic heterocycles. The van der Waals surface area contributed by atoms with E-state index in [9.17, 15) is 0 Å². The molecule has 4 rings (SSSR count). The first-order valence-corrected chi connectivity index (χ1v) is 11.9. The molecule has 1 saturated heterocycles. The van der Waals surface area contributed by atoms with E-state index in [0.29, 0.717) is 0 Å². The summed E-state index contributed by atoms with van der Waals surface area (Å²) in [6.07, 6.45) is 5.63. The monoisotopic (exact) mass is 507 g/mol. The largest absolute Gasteiger partial charge is 0.384 e. The highest BCUT2D eigenvalue weighted by Gasteiger charge is 2.21. The molecule has 0 N–H and O–H groups in total. The van der Waals surface area contributed by atoms with Crippen LogP contribution in [0.25, 0.3) is 11.0 Å². The van der Waals surface area contributed by atoms with E-state index in [4.69, 9.17) is 9.26 Å². The van der Waals surface area contributed by atoms with Crippen molar-refractivity contribution >= 4 is 35.8 Å². The molecule has 0 unspecified atom stereocenters. The lowest BCUT2D eigenvalue weighted by atomic mass is 9.90. The van der Waals surface area contributed by atoms with E-state index in [-0.39, 0.29) is 24.8 Å². The van der Waals surface area contributed by atoms with Crippen LogP contribution >= 0.6 is 24.8 Å². The molecular formula is C27H39Cl2N3O2. The van der Waals surface area contributed by atoms with E-state index in [1.807, 2.05) is 0 Å². The van der Waals surface area contributed by atoms with Gasteiger partial charge in [-0.2, -0.15) is 0 Å². The molecule has 1 fully saturated rings. The van der Waals surface area contributed by atoms with Crippen LogP contribution in [0.2, 0.25) is 0 Å². The molecule has 0 aliphatic carbocycles. The maximum atomic E-state index is 5.90. The van der Waals surface area contributed by atoms with Crippen molar-refractivity contribution in [3.63, 3.8) is 0 Å². The Balaban J connectivity index is 0.00000204. The predicted molar refractivity (Wildman–Crippen MR) is 144 cm³/mol. The van der Waals surface area contributed by atoms with E-state index in [1.54, 1.807) is 7.11 Å². The highest BCUT2D eigenvalue weighted by Crippen LogP contribution is 2.30. The topological polar surface area (TPSA) is 41.7 Å². The molecule has 188 valence electrons. The molecule has 1 aliphatic rings. The summed E-state index contributed by atoms with van der Waals surface area (Å²) in [4.78, 5) is 4.78. The van der Waals surface area contributed by atoms with Gasteiger partial charge in [-0.3, -0.25) is 4.90 Å². The quantitative estimate of drug-likeness (QED) is 0.348. The third-order valence-electron chi connectivity index (χ3n) is 6.71. The van der Waals surface area contributed by atoms with Gasteiger partial charge in [-0.25, -0.2) is 0 Å². The zero-order chi connectivity index (χ0) is 22.3. The number of nitrogens with zero attached hydrogens (tertiary/aromatic N) is 3. The van der Waals surface area contributed by atoms with Crippen molar-refractivity contribution in [1.82, 2.24) is 15.0 Å². The Kier molecular flexibility index (Phi) is 11.8. The van der Waals surface area contributed by atoms with Crippen LogP contribution in [0.4, 0.5) is 0 Å². The normalized spacial score (nSPS) is 14.8. The fourth-order valence-electron chi connectivity index (χ4n) is 4.88. The number of likely N-dealkylation sites (tertiary alicyclic amines) is 1. The first kappa shape index (κ1) is 28.6. The lowest BCUT2D eigenvalue weighted by molar-refractivity contribution is 0.172. The second-order valence-electron chi connectivity index (χ2n) is 9.43. The molecule has 0 saturated carbocycles. The number of ether oxygens (including phenoxy) is 1. The fourth-order valence-corrected chi connectivity index (χ4v) is 4.88. The Hall–Kier alpha value is -1.63. The van der Waals surface area contributed by atoms with Crippen LogP contribution in [0.15, 0.2) is 47.0 Å². The summed E-state index contributed by atoms with van der Waals surface area (Å²) in [6, 6.07) is 15.3. The summed E-state index contributed by atoms with van der Waals surface area (Å²) in [6.45, 7) is 5.02. The Labute approximate surface area is 216 Å². The Morgan fingerprint density at radius 3 is 2.44 bits per heavy atom. The lowest BCUT2D eigenvalue weighted by Crippen LogP contribution is -2.33. The zero-order valence-corrected chi connectivity index (χ0v) is 22.3. The molecule has 0 amide bonds. The maximum absolute atomic E-state index is 5.90. The molecule has 2 aromatic carbocycles. The smallest absolute Gasteiger partial charge is 0.171 e. The van der Waals surface area contributed by atoms with E-state index in [0.717, 1.165) is 49.7 Å². The summed E-state index contributed by atoms with van der Waals surface area (Å²) in [5.74, 6) is 0.774. The van der Waals surface area contributed by atoms with Crippen molar-refractivity contribution in [3.8, 4) is 0 Å². The number of hydrogen-bond acceptors (Lipinski definition) is 5. The second-order valence-corrected chi connectivity index (χ2v) is 9.43. The van der Waals surface area contributed by atoms with Crippen molar-refractivity contribution in [2.75, 3.05) is 40.9 Å². The number of piperidine rings is 1. The third kappa shape index (κ3) is 7.43. The van der Waals surface area contributed by atoms with Crippen LogP contribution in [0.3, 0.4) is 0 Å². The Morgan fingerprint density at radius 1 is 1.03 bits per heavy atom. The molecule has 0 spiro atoms. The van der Waals surface area contributed by atoms with Crippen LogP contribution in [0, 0.1) is 5.92 Å². The van der Waals surface area contributed by atoms with Gasteiger partial charge in [0, 0.05) is 31.1 Å². The molecular weight excluding hydrogens is 469 g/mol. The summed E-state index contributed by atoms with van der Waals surface area (Å²) in [5.41, 5.74) is 6.03. The van der Waals surface area contributed by atoms with Gasteiger partial charge in [0.15, 0.2) is 5.58 Å². The molecule has 0 radical (unpaired) electrons. The average molecular weight is 509 g/mol. The minimum absolute atomic E-state index is 0. The fraction of sp³-hybridized carbons (Fsp3) is 0.519. The van der Waals surface area contributed by atoms with Crippen molar-refractivity contribution in [1.29, 1.82) is 0 Å². The number of methoxy groups -OCH3 is 1. The first-order valence-electron chi connectivity index (χ1n) is 11.9. The van der Waals surface area contributed by atoms with Gasteiger partial charge in [0.05, 0.1) is 12.3 Å². The molecule has 1 aromatic heterocycles. The van der Waals surface area contributed by atoms with E-state index in [1.165, 1.54) is 54.4 Å². The molecule has 0 bridgehead atoms. The minimum atomic E-state index is 0. The van der Waals surface area contributed by atoms with Gasteiger partial charge in [0.2, 0.25) is 0 Å². The van der Waals surface area contributed by atoms with Crippen LogP contribution in [0.1, 0.15) is 41.6 Å². The number of aromatic nitrogens is 1. The highest BCUT2D eigenvalue weighted by molar-refractivity contribution is 5.85. The molecule has 7 heteroatoms. The predicted octanol–water partition coefficient (Wildman–Crippen LogP) is 5.77. The summed E-state index contributed by atoms with van der Waals surface area (Å²) >= 11 is 0. The number of benzene rings is 2. The highest BCUT2D eigenvalue weighted by atomic mass is 35.5. The lowest BCUT2D eigenvalue weighted by Gasteiger charge is -2.32. The molecule has 3 aromatic rings. The Morgan fingerprint density at radius 2 is 1.76 bits per heavy atom. The van der Waals surface area contributed by atoms with Crippen molar-refractivity contribution < 1.29 is 9.26 Å². The first-order chi connectivity index (χ1) is 15.6. The number of hydrogen-bond donors (Lipinski definition) is 0. The molecule has 2 heterocycles. The molecule has 0 atom stereocenters. The number of rotatable bonds is 10. The number of aryl methyl sites for hydroxylation is 1. The van der Waals surface area contributed by atoms with Gasteiger partial charge in [-0.05, 0) is 82.4 Å². The van der Waals surface area contributed by atoms with Gasteiger partial charge in [0.25, 0.3) is 0 Å². The van der Waals surface area contributed by atoms with Gasteiger partial charge in [0.1, 0.15) is 0 Å². The van der Waals surface area contributed by atoms with E-state index in [2.05, 4.69) is 71.5 Å². The van der Waals surface area contributed by atoms with Crippen LogP contribution < -0.4 is 0 Å². The molecule has 34 heavy (non-hydrogen) atoms. The average Bonchev–Trinajstić information content (AvgIpc) is 3.22. The van der Waals surface area contributed by atoms with Gasteiger partial charge < -0.3 is 14.2 Å². The van der Waals surface area contributed by atoms with Crippen molar-refractivity contribution in [3.05, 3.63) is 64.8 Å². The number of halogens is 2. The maximum Gasteiger partial charge on any atom is 0.171 e. The van der Waals surface area contributed by atoms with Gasteiger partial charge in [-0.15, -0.1) is 24.8 Å². The summed E-state index contributed by atoms with van der Waals surface area (Å²) in [5, 5.41) is 5.69. The summed E-state index contributed by atoms with van der Waals surface area (Å²) < 4.78 is 11.2. The second kappa shape index (κ2) is 14.1.